The van der Waals surface area contributed by atoms with E-state index < -0.39 is 16.7 Å². The lowest BCUT2D eigenvalue weighted by Crippen LogP contribution is -2.25. The number of nitrogens with zero attached hydrogens (tertiary/aromatic N) is 1. The van der Waals surface area contributed by atoms with Gasteiger partial charge in [0.05, 0.1) is 33.3 Å². The number of nitro benzene ring substituents is 1. The van der Waals surface area contributed by atoms with Crippen molar-refractivity contribution in [3.8, 4) is 12.3 Å². The monoisotopic (exact) mass is 357 g/mol. The summed E-state index contributed by atoms with van der Waals surface area (Å²) in [7, 11) is 0. The molecule has 2 rings (SSSR count). The fourth-order valence-corrected chi connectivity index (χ4v) is 2.27. The summed E-state index contributed by atoms with van der Waals surface area (Å²) in [6, 6.07) is 9.86. The summed E-state index contributed by atoms with van der Waals surface area (Å²) in [5.41, 5.74) is 0.308. The first kappa shape index (κ1) is 18.0. The molecule has 25 heavy (non-hydrogen) atoms. The SMILES string of the molecule is C#CCNC(=O)c1ccccc1NC(=O)c1ccc([N+](=O)[O-])cc1Cl. The average Bonchev–Trinajstić information content (AvgIpc) is 2.59. The van der Waals surface area contributed by atoms with E-state index in [2.05, 4.69) is 16.6 Å². The van der Waals surface area contributed by atoms with Crippen molar-refractivity contribution in [3.63, 3.8) is 0 Å². The van der Waals surface area contributed by atoms with E-state index in [4.69, 9.17) is 18.0 Å². The van der Waals surface area contributed by atoms with Crippen molar-refractivity contribution in [2.75, 3.05) is 11.9 Å². The highest BCUT2D eigenvalue weighted by atomic mass is 35.5. The first-order chi connectivity index (χ1) is 11.9. The van der Waals surface area contributed by atoms with Gasteiger partial charge in [0.2, 0.25) is 0 Å². The lowest BCUT2D eigenvalue weighted by molar-refractivity contribution is -0.384. The Morgan fingerprint density at radius 3 is 2.52 bits per heavy atom. The molecule has 8 heteroatoms. The summed E-state index contributed by atoms with van der Waals surface area (Å²) < 4.78 is 0. The number of carbonyl (C=O) groups is 2. The molecule has 7 nitrogen and oxygen atoms in total. The van der Waals surface area contributed by atoms with E-state index >= 15 is 0 Å². The minimum Gasteiger partial charge on any atom is -0.341 e. The highest BCUT2D eigenvalue weighted by Crippen LogP contribution is 2.24. The maximum Gasteiger partial charge on any atom is 0.270 e. The first-order valence-electron chi connectivity index (χ1n) is 7.00. The molecule has 0 atom stereocenters. The predicted octanol–water partition coefficient (Wildman–Crippen LogP) is 2.86. The van der Waals surface area contributed by atoms with Crippen LogP contribution in [0, 0.1) is 22.5 Å². The zero-order valence-corrected chi connectivity index (χ0v) is 13.5. The van der Waals surface area contributed by atoms with Crippen LogP contribution in [0.2, 0.25) is 5.02 Å². The van der Waals surface area contributed by atoms with Gasteiger partial charge in [0.25, 0.3) is 17.5 Å². The molecule has 0 spiro atoms. The maximum atomic E-state index is 12.4. The molecule has 2 amide bonds. The Morgan fingerprint density at radius 2 is 1.88 bits per heavy atom. The van der Waals surface area contributed by atoms with Gasteiger partial charge in [0.1, 0.15) is 0 Å². The molecular weight excluding hydrogens is 346 g/mol. The Balaban J connectivity index is 2.26. The molecule has 0 aliphatic heterocycles. The largest absolute Gasteiger partial charge is 0.341 e. The van der Waals surface area contributed by atoms with Crippen molar-refractivity contribution < 1.29 is 14.5 Å². The summed E-state index contributed by atoms with van der Waals surface area (Å²) in [4.78, 5) is 34.6. The highest BCUT2D eigenvalue weighted by Gasteiger charge is 2.17. The standard InChI is InChI=1S/C17H12ClN3O4/c1-2-9-19-16(22)13-5-3-4-6-15(13)20-17(23)12-8-7-11(21(24)25)10-14(12)18/h1,3-8,10H,9H2,(H,19,22)(H,20,23). The van der Waals surface area contributed by atoms with Crippen LogP contribution in [0.25, 0.3) is 0 Å². The van der Waals surface area contributed by atoms with Crippen molar-refractivity contribution in [2.45, 2.75) is 0 Å². The average molecular weight is 358 g/mol. The van der Waals surface area contributed by atoms with Crippen LogP contribution in [0.15, 0.2) is 42.5 Å². The highest BCUT2D eigenvalue weighted by molar-refractivity contribution is 6.34. The molecule has 2 aromatic rings. The van der Waals surface area contributed by atoms with Gasteiger partial charge in [-0.1, -0.05) is 29.7 Å². The number of amides is 2. The van der Waals surface area contributed by atoms with Crippen LogP contribution in [-0.2, 0) is 0 Å². The van der Waals surface area contributed by atoms with E-state index in [1.807, 2.05) is 0 Å². The molecule has 0 aliphatic rings. The summed E-state index contributed by atoms with van der Waals surface area (Å²) >= 11 is 5.94. The molecule has 2 N–H and O–H groups in total. The molecule has 2 aromatic carbocycles. The van der Waals surface area contributed by atoms with Crippen molar-refractivity contribution in [1.82, 2.24) is 5.32 Å². The van der Waals surface area contributed by atoms with Crippen LogP contribution in [0.3, 0.4) is 0 Å². The molecule has 0 unspecified atom stereocenters. The minimum absolute atomic E-state index is 0.0473. The van der Waals surface area contributed by atoms with Gasteiger partial charge in [-0.15, -0.1) is 6.42 Å². The second-order valence-corrected chi connectivity index (χ2v) is 5.21. The number of hydrogen-bond donors (Lipinski definition) is 2. The number of para-hydroxylation sites is 1. The van der Waals surface area contributed by atoms with Crippen LogP contribution in [-0.4, -0.2) is 23.3 Å². The van der Waals surface area contributed by atoms with E-state index in [0.717, 1.165) is 6.07 Å². The topological polar surface area (TPSA) is 101 Å². The number of non-ortho nitro benzene ring substituents is 1. The van der Waals surface area contributed by atoms with Gasteiger partial charge in [-0.2, -0.15) is 0 Å². The zero-order chi connectivity index (χ0) is 18.4. The third-order valence-corrected chi connectivity index (χ3v) is 3.49. The third-order valence-electron chi connectivity index (χ3n) is 3.18. The van der Waals surface area contributed by atoms with Gasteiger partial charge in [0, 0.05) is 12.1 Å². The maximum absolute atomic E-state index is 12.4. The van der Waals surface area contributed by atoms with Crippen molar-refractivity contribution >= 4 is 34.8 Å². The van der Waals surface area contributed by atoms with Gasteiger partial charge < -0.3 is 10.6 Å². The fraction of sp³-hybridized carbons (Fsp3) is 0.0588. The quantitative estimate of drug-likeness (QED) is 0.488. The zero-order valence-electron chi connectivity index (χ0n) is 12.8. The van der Waals surface area contributed by atoms with Gasteiger partial charge in [-0.25, -0.2) is 0 Å². The Bertz CT molecular complexity index is 890. The lowest BCUT2D eigenvalue weighted by Gasteiger charge is -2.11. The van der Waals surface area contributed by atoms with E-state index in [0.29, 0.717) is 0 Å². The molecule has 0 heterocycles. The molecule has 0 fully saturated rings. The number of nitro groups is 1. The van der Waals surface area contributed by atoms with Crippen LogP contribution >= 0.6 is 11.6 Å². The molecule has 0 radical (unpaired) electrons. The lowest BCUT2D eigenvalue weighted by atomic mass is 10.1. The second kappa shape index (κ2) is 7.95. The Morgan fingerprint density at radius 1 is 1.16 bits per heavy atom. The summed E-state index contributed by atoms with van der Waals surface area (Å²) in [6.45, 7) is 0.0509. The fourth-order valence-electron chi connectivity index (χ4n) is 2.01. The Labute approximate surface area is 148 Å². The molecule has 0 aromatic heterocycles. The molecule has 0 saturated heterocycles. The first-order valence-corrected chi connectivity index (χ1v) is 7.38. The molecular formula is C17H12ClN3O4. The van der Waals surface area contributed by atoms with E-state index in [-0.39, 0.29) is 34.1 Å². The van der Waals surface area contributed by atoms with Gasteiger partial charge in [-0.05, 0) is 18.2 Å². The Kier molecular flexibility index (Phi) is 5.71. The summed E-state index contributed by atoms with van der Waals surface area (Å²) in [5, 5.41) is 15.7. The Hall–Kier alpha value is -3.37. The molecule has 0 aliphatic carbocycles. The number of rotatable bonds is 5. The number of anilines is 1. The number of halogens is 1. The van der Waals surface area contributed by atoms with Crippen molar-refractivity contribution in [2.24, 2.45) is 0 Å². The minimum atomic E-state index is -0.612. The van der Waals surface area contributed by atoms with Gasteiger partial charge >= 0.3 is 0 Å². The van der Waals surface area contributed by atoms with Crippen molar-refractivity contribution in [3.05, 3.63) is 68.7 Å². The van der Waals surface area contributed by atoms with Gasteiger partial charge in [-0.3, -0.25) is 19.7 Å². The van der Waals surface area contributed by atoms with Crippen LogP contribution in [0.4, 0.5) is 11.4 Å². The third kappa shape index (κ3) is 4.34. The summed E-state index contributed by atoms with van der Waals surface area (Å²) in [5.74, 6) is 1.24. The summed E-state index contributed by atoms with van der Waals surface area (Å²) in [6.07, 6.45) is 5.10. The van der Waals surface area contributed by atoms with Gasteiger partial charge in [0.15, 0.2) is 0 Å². The normalized spacial score (nSPS) is 9.76. The van der Waals surface area contributed by atoms with Crippen LogP contribution in [0.1, 0.15) is 20.7 Å². The number of benzene rings is 2. The van der Waals surface area contributed by atoms with E-state index in [1.165, 1.54) is 18.2 Å². The second-order valence-electron chi connectivity index (χ2n) is 4.81. The predicted molar refractivity (Wildman–Crippen MR) is 93.7 cm³/mol. The number of carbonyl (C=O) groups excluding carboxylic acids is 2. The molecule has 0 saturated carbocycles. The van der Waals surface area contributed by atoms with Crippen molar-refractivity contribution in [1.29, 1.82) is 0 Å². The van der Waals surface area contributed by atoms with E-state index in [9.17, 15) is 19.7 Å². The smallest absolute Gasteiger partial charge is 0.270 e. The van der Waals surface area contributed by atoms with E-state index in [1.54, 1.807) is 18.2 Å². The number of terminal acetylenes is 1. The number of hydrogen-bond acceptors (Lipinski definition) is 4. The molecule has 126 valence electrons. The molecule has 0 bridgehead atoms. The van der Waals surface area contributed by atoms with Crippen LogP contribution in [0.5, 0.6) is 0 Å². The van der Waals surface area contributed by atoms with Crippen LogP contribution < -0.4 is 10.6 Å². The number of nitrogens with one attached hydrogen (secondary N) is 2.